The average Bonchev–Trinajstić information content (AvgIpc) is 3.20. The summed E-state index contributed by atoms with van der Waals surface area (Å²) in [5.74, 6) is -15.5. The molecule has 1 amide bonds. The Bertz CT molecular complexity index is 804. The van der Waals surface area contributed by atoms with E-state index in [2.05, 4.69) is 15.0 Å². The second kappa shape index (κ2) is 10.2. The highest BCUT2D eigenvalue weighted by atomic mass is 35.5. The van der Waals surface area contributed by atoms with Crippen molar-refractivity contribution in [3.05, 3.63) is 17.4 Å². The minimum atomic E-state index is -6.54. The van der Waals surface area contributed by atoms with Gasteiger partial charge < -0.3 is 19.7 Å². The number of rotatable bonds is 8. The molecule has 1 aromatic heterocycles. The van der Waals surface area contributed by atoms with Crippen LogP contribution < -0.4 is 14.8 Å². The molecule has 0 aromatic carbocycles. The third-order valence-corrected chi connectivity index (χ3v) is 4.52. The van der Waals surface area contributed by atoms with Gasteiger partial charge in [0, 0.05) is 12.6 Å². The van der Waals surface area contributed by atoms with Crippen LogP contribution in [0.4, 0.5) is 35.1 Å². The van der Waals surface area contributed by atoms with Gasteiger partial charge in [-0.1, -0.05) is 0 Å². The molecule has 2 heterocycles. The van der Waals surface area contributed by atoms with Crippen LogP contribution in [-0.4, -0.2) is 67.2 Å². The molecule has 0 radical (unpaired) electrons. The molecule has 1 N–H and O–H groups in total. The Morgan fingerprint density at radius 2 is 1.84 bits per heavy atom. The number of carbonyl (C=O) groups is 1. The van der Waals surface area contributed by atoms with Crippen molar-refractivity contribution in [3.63, 3.8) is 0 Å². The van der Waals surface area contributed by atoms with Crippen LogP contribution in [0.15, 0.2) is 6.07 Å². The minimum Gasteiger partial charge on any atom is -0.481 e. The zero-order valence-electron chi connectivity index (χ0n) is 16.7. The van der Waals surface area contributed by atoms with Crippen molar-refractivity contribution in [2.75, 3.05) is 27.3 Å². The van der Waals surface area contributed by atoms with Crippen molar-refractivity contribution < 1.29 is 49.4 Å². The van der Waals surface area contributed by atoms with Crippen molar-refractivity contribution in [1.82, 2.24) is 15.2 Å². The van der Waals surface area contributed by atoms with Crippen molar-refractivity contribution in [3.8, 4) is 11.8 Å². The maximum Gasteiger partial charge on any atom is 0.460 e. The molecule has 1 aromatic rings. The summed E-state index contributed by atoms with van der Waals surface area (Å²) < 4.78 is 112. The summed E-state index contributed by atoms with van der Waals surface area (Å²) in [5, 5.41) is 2.98. The van der Waals surface area contributed by atoms with Gasteiger partial charge in [0.25, 0.3) is 5.88 Å². The van der Waals surface area contributed by atoms with E-state index in [9.17, 15) is 39.9 Å². The first kappa shape index (κ1) is 27.9. The predicted octanol–water partition coefficient (Wildman–Crippen LogP) is 3.57. The molecule has 6 nitrogen and oxygen atoms in total. The maximum atomic E-state index is 14.2. The van der Waals surface area contributed by atoms with Gasteiger partial charge in [-0.05, 0) is 25.5 Å². The van der Waals surface area contributed by atoms with E-state index in [-0.39, 0.29) is 36.3 Å². The van der Waals surface area contributed by atoms with Gasteiger partial charge in [-0.3, -0.25) is 4.79 Å². The molecule has 0 saturated carbocycles. The Morgan fingerprint density at radius 3 is 2.34 bits per heavy atom. The number of pyridine rings is 1. The normalized spacial score (nSPS) is 17.0. The number of hydrogen-bond acceptors (Lipinski definition) is 5. The first-order valence-corrected chi connectivity index (χ1v) is 8.88. The van der Waals surface area contributed by atoms with Gasteiger partial charge in [-0.15, -0.1) is 12.4 Å². The Balaban J connectivity index is 0.00000512. The summed E-state index contributed by atoms with van der Waals surface area (Å²) in [6.45, 7) is -2.03. The Hall–Kier alpha value is -2.09. The largest absolute Gasteiger partial charge is 0.481 e. The highest BCUT2D eigenvalue weighted by Gasteiger charge is 2.73. The van der Waals surface area contributed by atoms with E-state index in [1.165, 1.54) is 11.9 Å². The quantitative estimate of drug-likeness (QED) is 0.552. The lowest BCUT2D eigenvalue weighted by molar-refractivity contribution is -0.358. The van der Waals surface area contributed by atoms with Crippen LogP contribution in [0.3, 0.4) is 0 Å². The highest BCUT2D eigenvalue weighted by molar-refractivity contribution is 5.85. The maximum absolute atomic E-state index is 14.2. The number of hydrogen-bond donors (Lipinski definition) is 1. The van der Waals surface area contributed by atoms with E-state index in [0.29, 0.717) is 19.0 Å². The fraction of sp³-hybridized carbons (Fsp3) is 0.647. The molecule has 1 aliphatic rings. The first-order chi connectivity index (χ1) is 14.2. The van der Waals surface area contributed by atoms with Crippen LogP contribution in [0.25, 0.3) is 0 Å². The van der Waals surface area contributed by atoms with Crippen molar-refractivity contribution in [2.45, 2.75) is 43.4 Å². The zero-order valence-corrected chi connectivity index (χ0v) is 17.6. The van der Waals surface area contributed by atoms with Gasteiger partial charge in [0.1, 0.15) is 0 Å². The Labute approximate surface area is 183 Å². The minimum absolute atomic E-state index is 0. The van der Waals surface area contributed by atoms with E-state index < -0.39 is 42.4 Å². The lowest BCUT2D eigenvalue weighted by Gasteiger charge is -2.28. The number of nitrogens with zero attached hydrogens (tertiary/aromatic N) is 2. The third kappa shape index (κ3) is 5.82. The van der Waals surface area contributed by atoms with Gasteiger partial charge in [0.2, 0.25) is 11.8 Å². The smallest absolute Gasteiger partial charge is 0.460 e. The zero-order chi connectivity index (χ0) is 23.6. The SMILES string of the molecule is COc1nc(OCC(F)(F)C(F)(F)C(F)(F)F)c(F)cc1CN(C)C(=O)[C@@H]1CCCN1.Cl. The van der Waals surface area contributed by atoms with Gasteiger partial charge in [0.15, 0.2) is 12.4 Å². The molecule has 0 aliphatic carbocycles. The molecule has 2 rings (SSSR count). The lowest BCUT2D eigenvalue weighted by atomic mass is 10.1. The van der Waals surface area contributed by atoms with Crippen molar-refractivity contribution in [2.24, 2.45) is 0 Å². The number of nitrogens with one attached hydrogen (secondary N) is 1. The number of halogens is 9. The molecule has 1 fully saturated rings. The first-order valence-electron chi connectivity index (χ1n) is 8.88. The monoisotopic (exact) mass is 501 g/mol. The number of likely N-dealkylation sites (N-methyl/N-ethyl adjacent to an activating group) is 1. The second-order valence-corrected chi connectivity index (χ2v) is 6.85. The van der Waals surface area contributed by atoms with Crippen LogP contribution >= 0.6 is 12.4 Å². The molecular formula is C17H20ClF8N3O3. The number of alkyl halides is 7. The molecule has 1 atom stereocenters. The van der Waals surface area contributed by atoms with Gasteiger partial charge in [-0.25, -0.2) is 4.39 Å². The molecule has 0 bridgehead atoms. The van der Waals surface area contributed by atoms with E-state index in [1.807, 2.05) is 0 Å². The molecular weight excluding hydrogens is 482 g/mol. The number of ether oxygens (including phenoxy) is 2. The van der Waals surface area contributed by atoms with E-state index in [1.54, 1.807) is 0 Å². The Kier molecular flexibility index (Phi) is 8.94. The molecule has 15 heteroatoms. The van der Waals surface area contributed by atoms with Gasteiger partial charge in [0.05, 0.1) is 19.7 Å². The summed E-state index contributed by atoms with van der Waals surface area (Å²) in [4.78, 5) is 17.0. The molecule has 1 aliphatic heterocycles. The van der Waals surface area contributed by atoms with Crippen LogP contribution in [0.2, 0.25) is 0 Å². The number of aromatic nitrogens is 1. The van der Waals surface area contributed by atoms with Gasteiger partial charge in [-0.2, -0.15) is 35.7 Å². The fourth-order valence-corrected chi connectivity index (χ4v) is 2.84. The van der Waals surface area contributed by atoms with E-state index in [0.717, 1.165) is 13.5 Å². The van der Waals surface area contributed by atoms with Crippen LogP contribution in [0.5, 0.6) is 11.8 Å². The molecule has 0 spiro atoms. The standard InChI is InChI=1S/C17H19F8N3O3.ClH/c1-28(14(29)11-4-3-5-26-11)7-9-6-10(18)13(27-12(9)30-2)31-8-15(19,20)16(21,22)17(23,24)25;/h6,11,26H,3-5,7-8H2,1-2H3;1H/t11-;/m0./s1. The van der Waals surface area contributed by atoms with Gasteiger partial charge >= 0.3 is 18.0 Å². The van der Waals surface area contributed by atoms with Crippen molar-refractivity contribution in [1.29, 1.82) is 0 Å². The summed E-state index contributed by atoms with van der Waals surface area (Å²) >= 11 is 0. The van der Waals surface area contributed by atoms with Crippen LogP contribution in [0, 0.1) is 5.82 Å². The number of methoxy groups -OCH3 is 1. The number of amides is 1. The third-order valence-electron chi connectivity index (χ3n) is 4.52. The number of carbonyl (C=O) groups excluding carboxylic acids is 1. The summed E-state index contributed by atoms with van der Waals surface area (Å²) in [6.07, 6.45) is -5.14. The second-order valence-electron chi connectivity index (χ2n) is 6.85. The summed E-state index contributed by atoms with van der Waals surface area (Å²) in [7, 11) is 2.49. The summed E-state index contributed by atoms with van der Waals surface area (Å²) in [5.41, 5.74) is -0.00595. The summed E-state index contributed by atoms with van der Waals surface area (Å²) in [6, 6.07) is 0.279. The molecule has 184 valence electrons. The van der Waals surface area contributed by atoms with Crippen LogP contribution in [0.1, 0.15) is 18.4 Å². The molecule has 0 unspecified atom stereocenters. The van der Waals surface area contributed by atoms with E-state index >= 15 is 0 Å². The molecule has 1 saturated heterocycles. The highest BCUT2D eigenvalue weighted by Crippen LogP contribution is 2.46. The lowest BCUT2D eigenvalue weighted by Crippen LogP contribution is -2.54. The predicted molar refractivity (Wildman–Crippen MR) is 96.9 cm³/mol. The average molecular weight is 502 g/mol. The van der Waals surface area contributed by atoms with E-state index in [4.69, 9.17) is 4.74 Å². The van der Waals surface area contributed by atoms with Crippen LogP contribution in [-0.2, 0) is 11.3 Å². The molecule has 32 heavy (non-hydrogen) atoms. The Morgan fingerprint density at radius 1 is 1.22 bits per heavy atom. The topological polar surface area (TPSA) is 63.7 Å². The van der Waals surface area contributed by atoms with Crippen molar-refractivity contribution >= 4 is 18.3 Å². The fourth-order valence-electron chi connectivity index (χ4n) is 2.84.